The monoisotopic (exact) mass is 239 g/mol. The lowest BCUT2D eigenvalue weighted by Gasteiger charge is -2.46. The highest BCUT2D eigenvalue weighted by Gasteiger charge is 2.43. The van der Waals surface area contributed by atoms with E-state index in [2.05, 4.69) is 41.2 Å². The average molecular weight is 239 g/mol. The van der Waals surface area contributed by atoms with Gasteiger partial charge in [-0.3, -0.25) is 0 Å². The molecule has 0 rings (SSSR count). The van der Waals surface area contributed by atoms with Crippen molar-refractivity contribution >= 4 is 5.71 Å². The van der Waals surface area contributed by atoms with E-state index in [0.29, 0.717) is 17.5 Å². The van der Waals surface area contributed by atoms with Crippen LogP contribution in [-0.2, 0) is 0 Å². The van der Waals surface area contributed by atoms with Crippen molar-refractivity contribution in [2.75, 3.05) is 6.61 Å². The van der Waals surface area contributed by atoms with Gasteiger partial charge in [0.05, 0.1) is 6.61 Å². The highest BCUT2D eigenvalue weighted by Crippen LogP contribution is 2.47. The Morgan fingerprint density at radius 3 is 2.06 bits per heavy atom. The van der Waals surface area contributed by atoms with Gasteiger partial charge in [0.1, 0.15) is 0 Å². The Kier molecular flexibility index (Phi) is 6.11. The van der Waals surface area contributed by atoms with Gasteiger partial charge in [0.2, 0.25) is 0 Å². The second-order valence-electron chi connectivity index (χ2n) is 5.79. The van der Waals surface area contributed by atoms with Crippen LogP contribution in [0.3, 0.4) is 0 Å². The van der Waals surface area contributed by atoms with E-state index in [1.54, 1.807) is 0 Å². The molecule has 0 saturated heterocycles. The summed E-state index contributed by atoms with van der Waals surface area (Å²) in [4.78, 5) is 0. The molecule has 0 spiro atoms. The number of allylic oxidation sites excluding steroid dienone is 1. The molecule has 0 aliphatic rings. The van der Waals surface area contributed by atoms with Crippen LogP contribution >= 0.6 is 0 Å². The highest BCUT2D eigenvalue weighted by molar-refractivity contribution is 5.88. The van der Waals surface area contributed by atoms with Crippen LogP contribution in [0.1, 0.15) is 48.0 Å². The molecule has 0 heterocycles. The quantitative estimate of drug-likeness (QED) is 0.513. The van der Waals surface area contributed by atoms with Gasteiger partial charge in [-0.05, 0) is 24.2 Å². The summed E-state index contributed by atoms with van der Waals surface area (Å²) in [6.45, 7) is 16.9. The van der Waals surface area contributed by atoms with Crippen molar-refractivity contribution in [3.63, 3.8) is 0 Å². The number of rotatable bonds is 7. The number of hydrogen-bond acceptors (Lipinski definition) is 2. The topological polar surface area (TPSA) is 44.1 Å². The van der Waals surface area contributed by atoms with Crippen molar-refractivity contribution in [1.29, 1.82) is 5.41 Å². The molecule has 2 heteroatoms. The Bertz CT molecular complexity index is 283. The van der Waals surface area contributed by atoms with Gasteiger partial charge in [-0.15, -0.1) is 0 Å². The molecule has 2 N–H and O–H groups in total. The molecule has 0 aromatic rings. The molecule has 3 atom stereocenters. The lowest BCUT2D eigenvalue weighted by molar-refractivity contribution is 0.0884. The van der Waals surface area contributed by atoms with Crippen LogP contribution in [0.15, 0.2) is 12.2 Å². The lowest BCUT2D eigenvalue weighted by Crippen LogP contribution is -2.43. The zero-order valence-corrected chi connectivity index (χ0v) is 12.3. The second-order valence-corrected chi connectivity index (χ2v) is 5.79. The molecule has 0 aliphatic carbocycles. The first-order valence-electron chi connectivity index (χ1n) is 6.56. The molecule has 17 heavy (non-hydrogen) atoms. The van der Waals surface area contributed by atoms with Crippen LogP contribution in [0.2, 0.25) is 0 Å². The normalized spacial score (nSPS) is 18.6. The van der Waals surface area contributed by atoms with Gasteiger partial charge in [-0.1, -0.05) is 53.2 Å². The lowest BCUT2D eigenvalue weighted by atomic mass is 9.58. The average Bonchev–Trinajstić information content (AvgIpc) is 2.26. The molecule has 0 aromatic carbocycles. The predicted octanol–water partition coefficient (Wildman–Crippen LogP) is 3.90. The Labute approximate surface area is 107 Å². The van der Waals surface area contributed by atoms with E-state index < -0.39 is 0 Å². The summed E-state index contributed by atoms with van der Waals surface area (Å²) in [6, 6.07) is 0. The summed E-state index contributed by atoms with van der Waals surface area (Å²) in [5, 5.41) is 17.3. The Balaban J connectivity index is 5.54. The van der Waals surface area contributed by atoms with E-state index in [9.17, 15) is 5.11 Å². The fourth-order valence-corrected chi connectivity index (χ4v) is 2.92. The van der Waals surface area contributed by atoms with E-state index >= 15 is 0 Å². The van der Waals surface area contributed by atoms with Crippen LogP contribution in [0.5, 0.6) is 0 Å². The maximum absolute atomic E-state index is 9.29. The van der Waals surface area contributed by atoms with Crippen molar-refractivity contribution in [1.82, 2.24) is 0 Å². The fraction of sp³-hybridized carbons (Fsp3) is 0.800. The van der Waals surface area contributed by atoms with Crippen LogP contribution in [0, 0.1) is 28.6 Å². The summed E-state index contributed by atoms with van der Waals surface area (Å²) >= 11 is 0. The van der Waals surface area contributed by atoms with Crippen LogP contribution < -0.4 is 0 Å². The molecule has 0 radical (unpaired) electrons. The standard InChI is InChI=1S/C15H29NO/c1-8-12(6)15(7,11(4)5)14(10(2)3)13(16)9-17/h11-12,14,16-17H,2,8-9H2,1,3-7H3. The first-order valence-corrected chi connectivity index (χ1v) is 6.56. The first kappa shape index (κ1) is 16.4. The smallest absolute Gasteiger partial charge is 0.0812 e. The molecule has 0 bridgehead atoms. The van der Waals surface area contributed by atoms with E-state index in [1.165, 1.54) is 0 Å². The number of aliphatic hydroxyl groups is 1. The molecule has 100 valence electrons. The number of aliphatic hydroxyl groups excluding tert-OH is 1. The van der Waals surface area contributed by atoms with Gasteiger partial charge >= 0.3 is 0 Å². The maximum Gasteiger partial charge on any atom is 0.0812 e. The van der Waals surface area contributed by atoms with E-state index in [1.807, 2.05) is 6.92 Å². The van der Waals surface area contributed by atoms with Gasteiger partial charge in [0, 0.05) is 11.6 Å². The van der Waals surface area contributed by atoms with Crippen molar-refractivity contribution in [2.45, 2.75) is 48.0 Å². The zero-order valence-electron chi connectivity index (χ0n) is 12.3. The van der Waals surface area contributed by atoms with Crippen molar-refractivity contribution in [2.24, 2.45) is 23.2 Å². The molecular formula is C15H29NO. The van der Waals surface area contributed by atoms with Crippen molar-refractivity contribution in [3.8, 4) is 0 Å². The molecule has 0 amide bonds. The molecular weight excluding hydrogens is 210 g/mol. The van der Waals surface area contributed by atoms with E-state index in [4.69, 9.17) is 5.41 Å². The van der Waals surface area contributed by atoms with Crippen LogP contribution in [-0.4, -0.2) is 17.4 Å². The third-order valence-corrected chi connectivity index (χ3v) is 4.55. The number of hydrogen-bond donors (Lipinski definition) is 2. The highest BCUT2D eigenvalue weighted by atomic mass is 16.3. The summed E-state index contributed by atoms with van der Waals surface area (Å²) in [5.74, 6) is 0.921. The van der Waals surface area contributed by atoms with E-state index in [0.717, 1.165) is 12.0 Å². The van der Waals surface area contributed by atoms with Gasteiger partial charge in [0.25, 0.3) is 0 Å². The summed E-state index contributed by atoms with van der Waals surface area (Å²) in [5.41, 5.74) is 1.37. The predicted molar refractivity (Wildman–Crippen MR) is 75.5 cm³/mol. The Morgan fingerprint density at radius 2 is 1.82 bits per heavy atom. The largest absolute Gasteiger partial charge is 0.390 e. The fourth-order valence-electron chi connectivity index (χ4n) is 2.92. The third-order valence-electron chi connectivity index (χ3n) is 4.55. The Hall–Kier alpha value is -0.630. The summed E-state index contributed by atoms with van der Waals surface area (Å²) in [6.07, 6.45) is 1.08. The minimum atomic E-state index is -0.170. The zero-order chi connectivity index (χ0) is 13.8. The first-order chi connectivity index (χ1) is 7.73. The minimum Gasteiger partial charge on any atom is -0.390 e. The minimum absolute atomic E-state index is 0.0135. The molecule has 0 fully saturated rings. The van der Waals surface area contributed by atoms with Gasteiger partial charge in [-0.2, -0.15) is 0 Å². The number of nitrogens with one attached hydrogen (secondary N) is 1. The summed E-state index contributed by atoms with van der Waals surface area (Å²) in [7, 11) is 0. The van der Waals surface area contributed by atoms with E-state index in [-0.39, 0.29) is 17.9 Å². The van der Waals surface area contributed by atoms with Gasteiger partial charge in [0.15, 0.2) is 0 Å². The molecule has 2 nitrogen and oxygen atoms in total. The van der Waals surface area contributed by atoms with Crippen LogP contribution in [0.4, 0.5) is 0 Å². The van der Waals surface area contributed by atoms with Gasteiger partial charge < -0.3 is 10.5 Å². The molecule has 0 aromatic heterocycles. The third kappa shape index (κ3) is 3.19. The molecule has 3 unspecified atom stereocenters. The second kappa shape index (κ2) is 6.34. The molecule has 0 saturated carbocycles. The maximum atomic E-state index is 9.29. The summed E-state index contributed by atoms with van der Waals surface area (Å²) < 4.78 is 0. The molecule has 0 aliphatic heterocycles. The SMILES string of the molecule is C=C(C)C(C(=N)CO)C(C)(C(C)C)C(C)CC. The van der Waals surface area contributed by atoms with Crippen LogP contribution in [0.25, 0.3) is 0 Å². The van der Waals surface area contributed by atoms with Gasteiger partial charge in [-0.25, -0.2) is 0 Å². The van der Waals surface area contributed by atoms with Crippen molar-refractivity contribution < 1.29 is 5.11 Å². The Morgan fingerprint density at radius 1 is 1.35 bits per heavy atom. The van der Waals surface area contributed by atoms with Crippen molar-refractivity contribution in [3.05, 3.63) is 12.2 Å².